The van der Waals surface area contributed by atoms with Gasteiger partial charge in [0, 0.05) is 51.4 Å². The third-order valence-electron chi connectivity index (χ3n) is 6.24. The lowest BCUT2D eigenvalue weighted by molar-refractivity contribution is 0.122. The van der Waals surface area contributed by atoms with Crippen molar-refractivity contribution >= 4 is 29.0 Å². The van der Waals surface area contributed by atoms with Crippen LogP contribution in [0.3, 0.4) is 0 Å². The van der Waals surface area contributed by atoms with Crippen molar-refractivity contribution in [2.75, 3.05) is 67.6 Å². The van der Waals surface area contributed by atoms with E-state index >= 15 is 0 Å². The number of benzene rings is 2. The van der Waals surface area contributed by atoms with Gasteiger partial charge in [-0.25, -0.2) is 0 Å². The highest BCUT2D eigenvalue weighted by Gasteiger charge is 2.21. The minimum atomic E-state index is 0.493. The van der Waals surface area contributed by atoms with E-state index in [4.69, 9.17) is 24.1 Å². The number of fused-ring (bicyclic) bond motifs is 1. The van der Waals surface area contributed by atoms with E-state index in [1.807, 2.05) is 36.4 Å². The third kappa shape index (κ3) is 4.89. The molecule has 2 N–H and O–H groups in total. The molecule has 0 radical (unpaired) electrons. The molecule has 35 heavy (non-hydrogen) atoms. The zero-order valence-corrected chi connectivity index (χ0v) is 19.5. The molecule has 2 fully saturated rings. The Morgan fingerprint density at radius 1 is 0.829 bits per heavy atom. The molecule has 6 rings (SSSR count). The molecule has 2 aromatic heterocycles. The second-order valence-corrected chi connectivity index (χ2v) is 8.64. The van der Waals surface area contributed by atoms with E-state index < -0.39 is 0 Å². The molecule has 0 spiro atoms. The van der Waals surface area contributed by atoms with Crippen LogP contribution in [0, 0.1) is 0 Å². The van der Waals surface area contributed by atoms with Gasteiger partial charge in [0.05, 0.1) is 13.2 Å². The van der Waals surface area contributed by atoms with Crippen molar-refractivity contribution in [1.82, 2.24) is 25.3 Å². The molecule has 0 atom stereocenters. The predicted molar refractivity (Wildman–Crippen MR) is 135 cm³/mol. The molecule has 10 heteroatoms. The molecule has 0 amide bonds. The average Bonchev–Trinajstić information content (AvgIpc) is 3.35. The first-order chi connectivity index (χ1) is 17.3. The molecular formula is C25H28N8O2. The van der Waals surface area contributed by atoms with E-state index in [0.717, 1.165) is 55.9 Å². The Balaban J connectivity index is 1.30. The minimum Gasteiger partial charge on any atom is -0.424 e. The highest BCUT2D eigenvalue weighted by atomic mass is 16.5. The zero-order valence-electron chi connectivity index (χ0n) is 19.5. The van der Waals surface area contributed by atoms with E-state index in [9.17, 15) is 0 Å². The number of ether oxygens (including phenoxy) is 1. The highest BCUT2D eigenvalue weighted by molar-refractivity contribution is 5.80. The molecular weight excluding hydrogens is 444 g/mol. The second-order valence-electron chi connectivity index (χ2n) is 8.64. The molecule has 2 aliphatic heterocycles. The Morgan fingerprint density at radius 3 is 2.34 bits per heavy atom. The molecule has 2 aromatic carbocycles. The standard InChI is InChI=1S/C25H28N8O2/c1-2-4-18(5-3-1)17-27-25-28-20-16-19(6-7-21(20)35-25)22-29-23(32-10-8-26-9-11-32)31-24(30-22)33-12-14-34-15-13-33/h1-7,16,26H,8-15,17H2,(H,27,28). The van der Waals surface area contributed by atoms with Crippen LogP contribution in [-0.4, -0.2) is 72.4 Å². The van der Waals surface area contributed by atoms with E-state index in [1.54, 1.807) is 0 Å². The number of hydrogen-bond acceptors (Lipinski definition) is 10. The van der Waals surface area contributed by atoms with E-state index in [2.05, 4.69) is 37.6 Å². The van der Waals surface area contributed by atoms with Crippen LogP contribution < -0.4 is 20.4 Å². The number of nitrogens with zero attached hydrogens (tertiary/aromatic N) is 6. The Hall–Kier alpha value is -3.76. The van der Waals surface area contributed by atoms with Crippen molar-refractivity contribution in [3.8, 4) is 11.4 Å². The summed E-state index contributed by atoms with van der Waals surface area (Å²) in [4.78, 5) is 23.6. The van der Waals surface area contributed by atoms with Gasteiger partial charge in [-0.15, -0.1) is 0 Å². The van der Waals surface area contributed by atoms with Gasteiger partial charge in [-0.1, -0.05) is 30.3 Å². The average molecular weight is 473 g/mol. The Morgan fingerprint density at radius 2 is 1.57 bits per heavy atom. The molecule has 180 valence electrons. The second kappa shape index (κ2) is 9.85. The molecule has 0 unspecified atom stereocenters. The summed E-state index contributed by atoms with van der Waals surface area (Å²) in [5.41, 5.74) is 3.52. The third-order valence-corrected chi connectivity index (χ3v) is 6.24. The summed E-state index contributed by atoms with van der Waals surface area (Å²) in [6.45, 7) is 7.09. The van der Waals surface area contributed by atoms with E-state index in [-0.39, 0.29) is 0 Å². The molecule has 4 heterocycles. The normalized spacial score (nSPS) is 16.6. The lowest BCUT2D eigenvalue weighted by Crippen LogP contribution is -2.44. The molecule has 2 aliphatic rings. The van der Waals surface area contributed by atoms with Gasteiger partial charge in [-0.05, 0) is 23.8 Å². The van der Waals surface area contributed by atoms with Crippen molar-refractivity contribution in [2.45, 2.75) is 6.54 Å². The summed E-state index contributed by atoms with van der Waals surface area (Å²) >= 11 is 0. The van der Waals surface area contributed by atoms with Crippen LogP contribution in [0.5, 0.6) is 0 Å². The largest absolute Gasteiger partial charge is 0.424 e. The van der Waals surface area contributed by atoms with Crippen LogP contribution in [0.4, 0.5) is 17.9 Å². The van der Waals surface area contributed by atoms with Gasteiger partial charge in [-0.2, -0.15) is 19.9 Å². The maximum Gasteiger partial charge on any atom is 0.295 e. The number of anilines is 3. The van der Waals surface area contributed by atoms with Crippen LogP contribution in [0.25, 0.3) is 22.5 Å². The number of piperazine rings is 1. The van der Waals surface area contributed by atoms with Crippen LogP contribution in [0.2, 0.25) is 0 Å². The van der Waals surface area contributed by atoms with Gasteiger partial charge in [0.15, 0.2) is 11.4 Å². The summed E-state index contributed by atoms with van der Waals surface area (Å²) in [5.74, 6) is 2.04. The van der Waals surface area contributed by atoms with Gasteiger partial charge in [0.1, 0.15) is 5.52 Å². The molecule has 0 saturated carbocycles. The minimum absolute atomic E-state index is 0.493. The first kappa shape index (κ1) is 21.8. The van der Waals surface area contributed by atoms with Crippen molar-refractivity contribution in [3.63, 3.8) is 0 Å². The Labute approximate surface area is 203 Å². The van der Waals surface area contributed by atoms with Gasteiger partial charge in [0.2, 0.25) is 11.9 Å². The number of nitrogens with one attached hydrogen (secondary N) is 2. The number of oxazole rings is 1. The SMILES string of the molecule is c1ccc(CNc2nc3cc(-c4nc(N5CCNCC5)nc(N5CCOCC5)n4)ccc3o2)cc1. The lowest BCUT2D eigenvalue weighted by Gasteiger charge is -2.30. The summed E-state index contributed by atoms with van der Waals surface area (Å²) in [6, 6.07) is 16.5. The Bertz CT molecular complexity index is 1250. The Kier molecular flexibility index (Phi) is 6.12. The number of rotatable bonds is 6. The van der Waals surface area contributed by atoms with Crippen molar-refractivity contribution in [1.29, 1.82) is 0 Å². The fraction of sp³-hybridized carbons (Fsp3) is 0.360. The fourth-order valence-corrected chi connectivity index (χ4v) is 4.31. The van der Waals surface area contributed by atoms with Crippen LogP contribution in [0.1, 0.15) is 5.56 Å². The van der Waals surface area contributed by atoms with Gasteiger partial charge < -0.3 is 29.6 Å². The quantitative estimate of drug-likeness (QED) is 0.435. The van der Waals surface area contributed by atoms with Crippen molar-refractivity contribution in [3.05, 3.63) is 54.1 Å². The van der Waals surface area contributed by atoms with Crippen LogP contribution >= 0.6 is 0 Å². The number of hydrogen-bond donors (Lipinski definition) is 2. The van der Waals surface area contributed by atoms with Gasteiger partial charge >= 0.3 is 0 Å². The predicted octanol–water partition coefficient (Wildman–Crippen LogP) is 2.54. The fourth-order valence-electron chi connectivity index (χ4n) is 4.31. The molecule has 2 saturated heterocycles. The topological polar surface area (TPSA) is 104 Å². The van der Waals surface area contributed by atoms with Gasteiger partial charge in [-0.3, -0.25) is 0 Å². The monoisotopic (exact) mass is 472 g/mol. The summed E-state index contributed by atoms with van der Waals surface area (Å²) in [7, 11) is 0. The lowest BCUT2D eigenvalue weighted by atomic mass is 10.2. The number of morpholine rings is 1. The maximum atomic E-state index is 5.91. The van der Waals surface area contributed by atoms with Crippen molar-refractivity contribution in [2.24, 2.45) is 0 Å². The van der Waals surface area contributed by atoms with Crippen LogP contribution in [-0.2, 0) is 11.3 Å². The van der Waals surface area contributed by atoms with E-state index in [1.165, 1.54) is 0 Å². The number of aromatic nitrogens is 4. The van der Waals surface area contributed by atoms with E-state index in [0.29, 0.717) is 49.1 Å². The van der Waals surface area contributed by atoms with Crippen LogP contribution in [0.15, 0.2) is 52.9 Å². The summed E-state index contributed by atoms with van der Waals surface area (Å²) in [5, 5.41) is 6.65. The summed E-state index contributed by atoms with van der Waals surface area (Å²) in [6.07, 6.45) is 0. The maximum absolute atomic E-state index is 5.91. The molecule has 10 nitrogen and oxygen atoms in total. The molecule has 0 bridgehead atoms. The highest BCUT2D eigenvalue weighted by Crippen LogP contribution is 2.27. The first-order valence-corrected chi connectivity index (χ1v) is 12.0. The molecule has 0 aliphatic carbocycles. The molecule has 4 aromatic rings. The van der Waals surface area contributed by atoms with Crippen molar-refractivity contribution < 1.29 is 9.15 Å². The van der Waals surface area contributed by atoms with Gasteiger partial charge in [0.25, 0.3) is 6.01 Å². The summed E-state index contributed by atoms with van der Waals surface area (Å²) < 4.78 is 11.4. The zero-order chi connectivity index (χ0) is 23.5. The smallest absolute Gasteiger partial charge is 0.295 e. The first-order valence-electron chi connectivity index (χ1n) is 12.0.